The van der Waals surface area contributed by atoms with Gasteiger partial charge in [-0.2, -0.15) is 0 Å². The van der Waals surface area contributed by atoms with Crippen LogP contribution in [0, 0.1) is 0 Å². The number of halogens is 1. The molecule has 0 bridgehead atoms. The van der Waals surface area contributed by atoms with Crippen LogP contribution in [0.15, 0.2) is 12.5 Å². The fourth-order valence-corrected chi connectivity index (χ4v) is 2.31. The van der Waals surface area contributed by atoms with E-state index < -0.39 is 0 Å². The first kappa shape index (κ1) is 11.6. The molecule has 0 radical (unpaired) electrons. The molecule has 1 saturated carbocycles. The van der Waals surface area contributed by atoms with Gasteiger partial charge in [0, 0.05) is 12.1 Å². The maximum absolute atomic E-state index is 6.31. The zero-order chi connectivity index (χ0) is 11.4. The Morgan fingerprint density at radius 3 is 2.81 bits per heavy atom. The highest BCUT2D eigenvalue weighted by atomic mass is 35.5. The molecule has 1 aliphatic carbocycles. The number of nitrogens with zero attached hydrogens (tertiary/aromatic N) is 2. The Bertz CT molecular complexity index is 350. The molecule has 16 heavy (non-hydrogen) atoms. The van der Waals surface area contributed by atoms with E-state index in [1.54, 1.807) is 6.20 Å². The number of aromatic nitrogens is 2. The summed E-state index contributed by atoms with van der Waals surface area (Å²) in [6.07, 6.45) is 8.95. The summed E-state index contributed by atoms with van der Waals surface area (Å²) in [7, 11) is 0. The summed E-state index contributed by atoms with van der Waals surface area (Å²) >= 11 is 5.96. The predicted octanol–water partition coefficient (Wildman–Crippen LogP) is 2.20. The van der Waals surface area contributed by atoms with Gasteiger partial charge in [-0.15, -0.1) is 0 Å². The molecular weight excluding hydrogens is 224 g/mol. The van der Waals surface area contributed by atoms with Crippen molar-refractivity contribution < 1.29 is 0 Å². The van der Waals surface area contributed by atoms with Gasteiger partial charge >= 0.3 is 0 Å². The number of anilines is 1. The van der Waals surface area contributed by atoms with E-state index in [0.29, 0.717) is 10.8 Å². The molecule has 1 fully saturated rings. The number of nitrogens with two attached hydrogens (primary N) is 1. The summed E-state index contributed by atoms with van der Waals surface area (Å²) in [6.45, 7) is 0.726. The molecule has 0 spiro atoms. The standard InChI is InChI=1S/C11H17ClN4/c12-9-6-14-8-16-10(9)15-7-11(13)4-2-1-3-5-11/h6,8H,1-5,7,13H2,(H,14,15,16). The summed E-state index contributed by atoms with van der Waals surface area (Å²) in [4.78, 5) is 7.93. The topological polar surface area (TPSA) is 63.8 Å². The number of hydrogen-bond acceptors (Lipinski definition) is 4. The van der Waals surface area contributed by atoms with Crippen LogP contribution in [0.4, 0.5) is 5.82 Å². The van der Waals surface area contributed by atoms with Gasteiger partial charge in [0.25, 0.3) is 0 Å². The molecule has 0 aromatic carbocycles. The Labute approximate surface area is 101 Å². The smallest absolute Gasteiger partial charge is 0.148 e. The Morgan fingerprint density at radius 1 is 1.38 bits per heavy atom. The van der Waals surface area contributed by atoms with Crippen molar-refractivity contribution in [2.75, 3.05) is 11.9 Å². The molecule has 0 aliphatic heterocycles. The van der Waals surface area contributed by atoms with Crippen LogP contribution >= 0.6 is 11.6 Å². The zero-order valence-electron chi connectivity index (χ0n) is 9.25. The average Bonchev–Trinajstić information content (AvgIpc) is 2.29. The lowest BCUT2D eigenvalue weighted by molar-refractivity contribution is 0.311. The van der Waals surface area contributed by atoms with Crippen molar-refractivity contribution in [3.8, 4) is 0 Å². The van der Waals surface area contributed by atoms with E-state index in [9.17, 15) is 0 Å². The fourth-order valence-electron chi connectivity index (χ4n) is 2.14. The quantitative estimate of drug-likeness (QED) is 0.850. The molecule has 2 rings (SSSR count). The predicted molar refractivity (Wildman–Crippen MR) is 65.5 cm³/mol. The number of hydrogen-bond donors (Lipinski definition) is 2. The van der Waals surface area contributed by atoms with Gasteiger partial charge in [0.2, 0.25) is 0 Å². The maximum Gasteiger partial charge on any atom is 0.148 e. The van der Waals surface area contributed by atoms with Crippen molar-refractivity contribution in [3.05, 3.63) is 17.5 Å². The highest BCUT2D eigenvalue weighted by Gasteiger charge is 2.27. The van der Waals surface area contributed by atoms with Gasteiger partial charge in [0.05, 0.1) is 6.20 Å². The van der Waals surface area contributed by atoms with Crippen LogP contribution in [0.5, 0.6) is 0 Å². The van der Waals surface area contributed by atoms with Crippen LogP contribution in [0.2, 0.25) is 5.02 Å². The maximum atomic E-state index is 6.31. The van der Waals surface area contributed by atoms with Crippen LogP contribution in [-0.2, 0) is 0 Å². The molecule has 0 unspecified atom stereocenters. The van der Waals surface area contributed by atoms with Gasteiger partial charge in [-0.1, -0.05) is 30.9 Å². The van der Waals surface area contributed by atoms with Crippen LogP contribution in [0.1, 0.15) is 32.1 Å². The van der Waals surface area contributed by atoms with E-state index >= 15 is 0 Å². The van der Waals surface area contributed by atoms with Crippen molar-refractivity contribution >= 4 is 17.4 Å². The third-order valence-electron chi connectivity index (χ3n) is 3.12. The second kappa shape index (κ2) is 4.97. The third kappa shape index (κ3) is 2.83. The van der Waals surface area contributed by atoms with E-state index in [0.717, 1.165) is 19.4 Å². The summed E-state index contributed by atoms with van der Waals surface area (Å²) in [5, 5.41) is 3.76. The minimum Gasteiger partial charge on any atom is -0.367 e. The average molecular weight is 241 g/mol. The summed E-state index contributed by atoms with van der Waals surface area (Å²) in [5.41, 5.74) is 6.20. The highest BCUT2D eigenvalue weighted by Crippen LogP contribution is 2.26. The van der Waals surface area contributed by atoms with E-state index in [1.165, 1.54) is 25.6 Å². The largest absolute Gasteiger partial charge is 0.367 e. The first-order valence-corrected chi connectivity index (χ1v) is 6.06. The molecule has 0 atom stereocenters. The van der Waals surface area contributed by atoms with Crippen molar-refractivity contribution in [3.63, 3.8) is 0 Å². The highest BCUT2D eigenvalue weighted by molar-refractivity contribution is 6.32. The van der Waals surface area contributed by atoms with E-state index in [1.807, 2.05) is 0 Å². The first-order valence-electron chi connectivity index (χ1n) is 5.68. The van der Waals surface area contributed by atoms with E-state index in [4.69, 9.17) is 17.3 Å². The normalized spacial score (nSPS) is 19.4. The van der Waals surface area contributed by atoms with Crippen molar-refractivity contribution in [1.29, 1.82) is 0 Å². The second-order valence-electron chi connectivity index (χ2n) is 4.50. The Balaban J connectivity index is 1.94. The summed E-state index contributed by atoms with van der Waals surface area (Å²) in [5.74, 6) is 0.673. The van der Waals surface area contributed by atoms with Gasteiger partial charge in [-0.05, 0) is 12.8 Å². The molecule has 1 aliphatic rings. The van der Waals surface area contributed by atoms with Crippen LogP contribution in [0.3, 0.4) is 0 Å². The summed E-state index contributed by atoms with van der Waals surface area (Å²) in [6, 6.07) is 0. The Kier molecular flexibility index (Phi) is 3.61. The van der Waals surface area contributed by atoms with Gasteiger partial charge in [-0.3, -0.25) is 0 Å². The van der Waals surface area contributed by atoms with Crippen molar-refractivity contribution in [1.82, 2.24) is 9.97 Å². The molecule has 4 nitrogen and oxygen atoms in total. The molecule has 0 saturated heterocycles. The zero-order valence-corrected chi connectivity index (χ0v) is 10.0. The van der Waals surface area contributed by atoms with Gasteiger partial charge in [0.1, 0.15) is 17.2 Å². The molecular formula is C11H17ClN4. The van der Waals surface area contributed by atoms with Crippen molar-refractivity contribution in [2.24, 2.45) is 5.73 Å². The van der Waals surface area contributed by atoms with Crippen LogP contribution in [-0.4, -0.2) is 22.1 Å². The Morgan fingerprint density at radius 2 is 2.12 bits per heavy atom. The fraction of sp³-hybridized carbons (Fsp3) is 0.636. The monoisotopic (exact) mass is 240 g/mol. The third-order valence-corrected chi connectivity index (χ3v) is 3.40. The Hall–Kier alpha value is -0.870. The minimum absolute atomic E-state index is 0.105. The second-order valence-corrected chi connectivity index (χ2v) is 4.90. The lowest BCUT2D eigenvalue weighted by atomic mass is 9.82. The van der Waals surface area contributed by atoms with Crippen LogP contribution in [0.25, 0.3) is 0 Å². The molecule has 1 aromatic rings. The van der Waals surface area contributed by atoms with Gasteiger partial charge < -0.3 is 11.1 Å². The minimum atomic E-state index is -0.105. The van der Waals surface area contributed by atoms with Crippen LogP contribution < -0.4 is 11.1 Å². The number of rotatable bonds is 3. The molecule has 1 aromatic heterocycles. The molecule has 3 N–H and O–H groups in total. The van der Waals surface area contributed by atoms with E-state index in [2.05, 4.69) is 15.3 Å². The van der Waals surface area contributed by atoms with Crippen molar-refractivity contribution in [2.45, 2.75) is 37.6 Å². The molecule has 1 heterocycles. The van der Waals surface area contributed by atoms with Gasteiger partial charge in [0.15, 0.2) is 0 Å². The molecule has 5 heteroatoms. The van der Waals surface area contributed by atoms with Gasteiger partial charge in [-0.25, -0.2) is 9.97 Å². The lowest BCUT2D eigenvalue weighted by Crippen LogP contribution is -2.47. The molecule has 88 valence electrons. The lowest BCUT2D eigenvalue weighted by Gasteiger charge is -2.33. The summed E-state index contributed by atoms with van der Waals surface area (Å²) < 4.78 is 0. The number of nitrogens with one attached hydrogen (secondary N) is 1. The first-order chi connectivity index (χ1) is 7.70. The van der Waals surface area contributed by atoms with E-state index in [-0.39, 0.29) is 5.54 Å². The molecule has 0 amide bonds. The SMILES string of the molecule is NC1(CNc2ncncc2Cl)CCCCC1.